The van der Waals surface area contributed by atoms with Crippen LogP contribution in [0.3, 0.4) is 0 Å². The molecular formula is C15H12N4O2. The van der Waals surface area contributed by atoms with Crippen LogP contribution < -0.4 is 11.1 Å². The van der Waals surface area contributed by atoms with E-state index >= 15 is 0 Å². The number of aromatic nitrogens is 2. The molecule has 0 spiro atoms. The third kappa shape index (κ3) is 2.89. The van der Waals surface area contributed by atoms with Gasteiger partial charge in [-0.2, -0.15) is 0 Å². The molecule has 3 rings (SSSR count). The average Bonchev–Trinajstić information content (AvgIpc) is 3.02. The summed E-state index contributed by atoms with van der Waals surface area (Å²) in [6, 6.07) is 10.5. The van der Waals surface area contributed by atoms with E-state index in [4.69, 9.17) is 10.2 Å². The van der Waals surface area contributed by atoms with E-state index in [2.05, 4.69) is 15.3 Å². The van der Waals surface area contributed by atoms with Crippen LogP contribution in [0, 0.1) is 0 Å². The summed E-state index contributed by atoms with van der Waals surface area (Å²) in [6.07, 6.45) is 4.42. The van der Waals surface area contributed by atoms with E-state index in [0.717, 1.165) is 5.56 Å². The molecule has 0 aliphatic rings. The van der Waals surface area contributed by atoms with Crippen LogP contribution in [0.5, 0.6) is 0 Å². The van der Waals surface area contributed by atoms with Gasteiger partial charge in [0, 0.05) is 11.3 Å². The molecule has 2 aromatic heterocycles. The molecular weight excluding hydrogens is 268 g/mol. The third-order valence-electron chi connectivity index (χ3n) is 2.86. The summed E-state index contributed by atoms with van der Waals surface area (Å²) in [4.78, 5) is 19.9. The maximum atomic E-state index is 12.1. The molecule has 0 radical (unpaired) electrons. The van der Waals surface area contributed by atoms with Gasteiger partial charge in [-0.25, -0.2) is 9.97 Å². The Labute approximate surface area is 120 Å². The van der Waals surface area contributed by atoms with Crippen LogP contribution in [0.15, 0.2) is 59.6 Å². The first-order chi connectivity index (χ1) is 10.2. The topological polar surface area (TPSA) is 94.0 Å². The van der Waals surface area contributed by atoms with Gasteiger partial charge in [0.05, 0.1) is 18.1 Å². The van der Waals surface area contributed by atoms with Gasteiger partial charge in [0.1, 0.15) is 5.69 Å². The Hall–Kier alpha value is -3.15. The van der Waals surface area contributed by atoms with E-state index in [1.807, 2.05) is 12.1 Å². The van der Waals surface area contributed by atoms with Gasteiger partial charge in [0.15, 0.2) is 12.2 Å². The first-order valence-corrected chi connectivity index (χ1v) is 6.24. The first-order valence-electron chi connectivity index (χ1n) is 6.24. The van der Waals surface area contributed by atoms with Gasteiger partial charge in [-0.3, -0.25) is 4.79 Å². The average molecular weight is 280 g/mol. The van der Waals surface area contributed by atoms with E-state index in [1.165, 1.54) is 12.6 Å². The lowest BCUT2D eigenvalue weighted by Crippen LogP contribution is -2.13. The lowest BCUT2D eigenvalue weighted by Gasteiger charge is -2.06. The maximum Gasteiger partial charge on any atom is 0.274 e. The summed E-state index contributed by atoms with van der Waals surface area (Å²) in [5.41, 5.74) is 7.83. The summed E-state index contributed by atoms with van der Waals surface area (Å²) >= 11 is 0. The fraction of sp³-hybridized carbons (Fsp3) is 0. The van der Waals surface area contributed by atoms with Crippen molar-refractivity contribution in [3.8, 4) is 11.3 Å². The fourth-order valence-corrected chi connectivity index (χ4v) is 1.84. The molecule has 0 atom stereocenters. The quantitative estimate of drug-likeness (QED) is 0.769. The molecule has 3 N–H and O–H groups in total. The molecule has 3 aromatic rings. The highest BCUT2D eigenvalue weighted by atomic mass is 16.3. The number of anilines is 2. The minimum absolute atomic E-state index is 0.300. The van der Waals surface area contributed by atoms with Gasteiger partial charge in [0.25, 0.3) is 5.91 Å². The zero-order valence-corrected chi connectivity index (χ0v) is 11.0. The predicted octanol–water partition coefficient (Wildman–Crippen LogP) is 2.57. The summed E-state index contributed by atoms with van der Waals surface area (Å²) in [6.45, 7) is 0. The molecule has 0 aliphatic carbocycles. The van der Waals surface area contributed by atoms with Crippen molar-refractivity contribution in [3.05, 3.63) is 60.9 Å². The van der Waals surface area contributed by atoms with Crippen molar-refractivity contribution in [2.75, 3.05) is 11.1 Å². The number of nitrogen functional groups attached to an aromatic ring is 1. The molecule has 104 valence electrons. The molecule has 0 bridgehead atoms. The van der Waals surface area contributed by atoms with Crippen molar-refractivity contribution >= 4 is 17.3 Å². The molecule has 0 saturated heterocycles. The number of hydrogen-bond acceptors (Lipinski definition) is 5. The molecule has 1 amide bonds. The smallest absolute Gasteiger partial charge is 0.274 e. The number of oxazole rings is 1. The van der Waals surface area contributed by atoms with Crippen LogP contribution in [0.1, 0.15) is 10.5 Å². The minimum Gasteiger partial charge on any atom is -0.444 e. The number of rotatable bonds is 3. The Morgan fingerprint density at radius 2 is 2.10 bits per heavy atom. The number of nitrogens with two attached hydrogens (primary N) is 1. The SMILES string of the molecule is Nc1ccc(C(=O)Nc2cccc(-c3cnco3)c2)nc1. The number of hydrogen-bond donors (Lipinski definition) is 2. The number of carbonyl (C=O) groups is 1. The molecule has 1 aromatic carbocycles. The normalized spacial score (nSPS) is 10.3. The predicted molar refractivity (Wildman–Crippen MR) is 78.5 cm³/mol. The van der Waals surface area contributed by atoms with Gasteiger partial charge in [-0.15, -0.1) is 0 Å². The van der Waals surface area contributed by atoms with Gasteiger partial charge < -0.3 is 15.5 Å². The van der Waals surface area contributed by atoms with E-state index < -0.39 is 0 Å². The molecule has 6 nitrogen and oxygen atoms in total. The standard InChI is InChI=1S/C15H12N4O2/c16-11-4-5-13(18-7-11)15(20)19-12-3-1-2-10(6-12)14-8-17-9-21-14/h1-9H,16H2,(H,19,20). The second-order valence-corrected chi connectivity index (χ2v) is 4.38. The van der Waals surface area contributed by atoms with Crippen molar-refractivity contribution in [1.82, 2.24) is 9.97 Å². The zero-order valence-electron chi connectivity index (χ0n) is 11.0. The Bertz CT molecular complexity index is 752. The van der Waals surface area contributed by atoms with Crippen LogP contribution in [0.25, 0.3) is 11.3 Å². The summed E-state index contributed by atoms with van der Waals surface area (Å²) in [5, 5.41) is 2.78. The molecule has 21 heavy (non-hydrogen) atoms. The van der Waals surface area contributed by atoms with Gasteiger partial charge in [-0.05, 0) is 24.3 Å². The number of carbonyl (C=O) groups excluding carboxylic acids is 1. The largest absolute Gasteiger partial charge is 0.444 e. The maximum absolute atomic E-state index is 12.1. The van der Waals surface area contributed by atoms with Gasteiger partial charge in [0.2, 0.25) is 0 Å². The Balaban J connectivity index is 1.80. The van der Waals surface area contributed by atoms with E-state index in [1.54, 1.807) is 30.5 Å². The lowest BCUT2D eigenvalue weighted by molar-refractivity contribution is 0.102. The highest BCUT2D eigenvalue weighted by Gasteiger charge is 2.08. The molecule has 0 unspecified atom stereocenters. The number of pyridine rings is 1. The van der Waals surface area contributed by atoms with Crippen LogP contribution in [0.4, 0.5) is 11.4 Å². The van der Waals surface area contributed by atoms with Gasteiger partial charge in [-0.1, -0.05) is 12.1 Å². The minimum atomic E-state index is -0.301. The number of amides is 1. The summed E-state index contributed by atoms with van der Waals surface area (Å²) in [7, 11) is 0. The monoisotopic (exact) mass is 280 g/mol. The van der Waals surface area contributed by atoms with E-state index in [-0.39, 0.29) is 5.91 Å². The zero-order chi connectivity index (χ0) is 14.7. The third-order valence-corrected chi connectivity index (χ3v) is 2.86. The molecule has 0 fully saturated rings. The van der Waals surface area contributed by atoms with E-state index in [0.29, 0.717) is 22.8 Å². The first kappa shape index (κ1) is 12.9. The van der Waals surface area contributed by atoms with Gasteiger partial charge >= 0.3 is 0 Å². The molecule has 0 aliphatic heterocycles. The van der Waals surface area contributed by atoms with Crippen molar-refractivity contribution in [2.45, 2.75) is 0 Å². The highest BCUT2D eigenvalue weighted by Crippen LogP contribution is 2.22. The van der Waals surface area contributed by atoms with Crippen LogP contribution in [-0.4, -0.2) is 15.9 Å². The Kier molecular flexibility index (Phi) is 3.34. The Morgan fingerprint density at radius 3 is 2.81 bits per heavy atom. The number of nitrogens with zero attached hydrogens (tertiary/aromatic N) is 2. The van der Waals surface area contributed by atoms with Crippen LogP contribution in [0.2, 0.25) is 0 Å². The second kappa shape index (κ2) is 5.46. The Morgan fingerprint density at radius 1 is 1.19 bits per heavy atom. The highest BCUT2D eigenvalue weighted by molar-refractivity contribution is 6.03. The lowest BCUT2D eigenvalue weighted by atomic mass is 10.1. The van der Waals surface area contributed by atoms with Crippen LogP contribution in [-0.2, 0) is 0 Å². The van der Waals surface area contributed by atoms with Crippen molar-refractivity contribution in [3.63, 3.8) is 0 Å². The number of benzene rings is 1. The van der Waals surface area contributed by atoms with Crippen LogP contribution >= 0.6 is 0 Å². The molecule has 0 saturated carbocycles. The van der Waals surface area contributed by atoms with Crippen molar-refractivity contribution in [1.29, 1.82) is 0 Å². The fourth-order valence-electron chi connectivity index (χ4n) is 1.84. The van der Waals surface area contributed by atoms with Crippen molar-refractivity contribution < 1.29 is 9.21 Å². The molecule has 2 heterocycles. The molecule has 6 heteroatoms. The number of nitrogens with one attached hydrogen (secondary N) is 1. The van der Waals surface area contributed by atoms with Crippen molar-refractivity contribution in [2.24, 2.45) is 0 Å². The summed E-state index contributed by atoms with van der Waals surface area (Å²) in [5.74, 6) is 0.335. The van der Waals surface area contributed by atoms with E-state index in [9.17, 15) is 4.79 Å². The summed E-state index contributed by atoms with van der Waals surface area (Å²) < 4.78 is 5.23. The second-order valence-electron chi connectivity index (χ2n) is 4.38.